The molecule has 2 N–H and O–H groups in total. The van der Waals surface area contributed by atoms with Gasteiger partial charge in [-0.1, -0.05) is 93.6 Å². The molecule has 0 heterocycles. The van der Waals surface area contributed by atoms with Gasteiger partial charge in [0.25, 0.3) is 0 Å². The van der Waals surface area contributed by atoms with Crippen LogP contribution in [0.1, 0.15) is 31.9 Å². The third kappa shape index (κ3) is 3.66. The van der Waals surface area contributed by atoms with Crippen molar-refractivity contribution in [1.82, 2.24) is 0 Å². The zero-order valence-corrected chi connectivity index (χ0v) is 17.3. The topological polar surface area (TPSA) is 40.5 Å². The fraction of sp³-hybridized carbons (Fsp3) is 0.259. The lowest BCUT2D eigenvalue weighted by molar-refractivity contribution is 0.0637. The Balaban J connectivity index is 2.07. The van der Waals surface area contributed by atoms with Gasteiger partial charge in [-0.25, -0.2) is 0 Å². The summed E-state index contributed by atoms with van der Waals surface area (Å²) in [7, 11) is 0. The molecule has 2 nitrogen and oxygen atoms in total. The Labute approximate surface area is 172 Å². The molecule has 0 bridgehead atoms. The molecule has 4 rings (SSSR count). The monoisotopic (exact) mass is 384 g/mol. The molecule has 2 heteroatoms. The van der Waals surface area contributed by atoms with E-state index in [4.69, 9.17) is 0 Å². The number of benzene rings is 4. The quantitative estimate of drug-likeness (QED) is 0.446. The molecule has 148 valence electrons. The zero-order valence-electron chi connectivity index (χ0n) is 17.3. The van der Waals surface area contributed by atoms with Crippen molar-refractivity contribution in [2.75, 3.05) is 0 Å². The maximum atomic E-state index is 10.9. The number of aliphatic hydroxyl groups excluding tert-OH is 2. The summed E-state index contributed by atoms with van der Waals surface area (Å²) in [6.07, 6.45) is 0.104. The second-order valence-corrected chi connectivity index (χ2v) is 8.89. The van der Waals surface area contributed by atoms with Crippen molar-refractivity contribution in [3.63, 3.8) is 0 Å². The molecule has 0 aliphatic rings. The van der Waals surface area contributed by atoms with Crippen LogP contribution in [0.4, 0.5) is 0 Å². The summed E-state index contributed by atoms with van der Waals surface area (Å²) in [6, 6.07) is 25.0. The van der Waals surface area contributed by atoms with Crippen LogP contribution in [-0.4, -0.2) is 16.3 Å². The molecule has 0 aliphatic heterocycles. The van der Waals surface area contributed by atoms with Gasteiger partial charge in [-0.05, 0) is 55.6 Å². The number of hydrogen-bond donors (Lipinski definition) is 2. The minimum atomic E-state index is -0.463. The summed E-state index contributed by atoms with van der Waals surface area (Å²) in [5.41, 5.74) is 4.00. The van der Waals surface area contributed by atoms with Crippen LogP contribution in [0, 0.1) is 5.41 Å². The molecule has 0 saturated carbocycles. The van der Waals surface area contributed by atoms with Crippen LogP contribution in [0.15, 0.2) is 72.8 Å². The molecule has 1 unspecified atom stereocenters. The van der Waals surface area contributed by atoms with E-state index in [9.17, 15) is 10.2 Å². The molecule has 29 heavy (non-hydrogen) atoms. The summed E-state index contributed by atoms with van der Waals surface area (Å²) in [5.74, 6) is 0. The molecule has 0 amide bonds. The van der Waals surface area contributed by atoms with Crippen molar-refractivity contribution in [1.29, 1.82) is 0 Å². The third-order valence-corrected chi connectivity index (χ3v) is 5.86. The fourth-order valence-corrected chi connectivity index (χ4v) is 4.04. The minimum Gasteiger partial charge on any atom is -0.392 e. The fourth-order valence-electron chi connectivity index (χ4n) is 4.04. The predicted octanol–water partition coefficient (Wildman–Crippen LogP) is 6.10. The van der Waals surface area contributed by atoms with E-state index >= 15 is 0 Å². The van der Waals surface area contributed by atoms with Crippen molar-refractivity contribution in [3.05, 3.63) is 83.9 Å². The normalized spacial score (nSPS) is 13.1. The maximum Gasteiger partial charge on any atom is 0.0688 e. The molecule has 0 radical (unpaired) electrons. The third-order valence-electron chi connectivity index (χ3n) is 5.86. The van der Waals surface area contributed by atoms with E-state index in [0.29, 0.717) is 6.42 Å². The summed E-state index contributed by atoms with van der Waals surface area (Å²) in [5, 5.41) is 25.6. The summed E-state index contributed by atoms with van der Waals surface area (Å²) < 4.78 is 0. The van der Waals surface area contributed by atoms with E-state index in [0.717, 1.165) is 43.8 Å². The minimum absolute atomic E-state index is 0.0232. The highest BCUT2D eigenvalue weighted by Gasteiger charge is 2.25. The van der Waals surface area contributed by atoms with Crippen molar-refractivity contribution in [2.24, 2.45) is 5.41 Å². The van der Waals surface area contributed by atoms with Crippen LogP contribution in [-0.2, 0) is 13.0 Å². The van der Waals surface area contributed by atoms with Gasteiger partial charge in [-0.15, -0.1) is 0 Å². The molecule has 0 aliphatic carbocycles. The highest BCUT2D eigenvalue weighted by molar-refractivity contribution is 6.07. The lowest BCUT2D eigenvalue weighted by atomic mass is 9.81. The van der Waals surface area contributed by atoms with E-state index in [1.807, 2.05) is 24.3 Å². The lowest BCUT2D eigenvalue weighted by Crippen LogP contribution is -2.28. The molecule has 0 aromatic heterocycles. The number of hydrogen-bond acceptors (Lipinski definition) is 2. The highest BCUT2D eigenvalue weighted by Crippen LogP contribution is 2.40. The van der Waals surface area contributed by atoms with Gasteiger partial charge in [0, 0.05) is 0 Å². The Bertz CT molecular complexity index is 1170. The first-order chi connectivity index (χ1) is 13.9. The van der Waals surface area contributed by atoms with E-state index in [1.165, 1.54) is 0 Å². The van der Waals surface area contributed by atoms with Crippen molar-refractivity contribution in [2.45, 2.75) is 39.9 Å². The van der Waals surface area contributed by atoms with Gasteiger partial charge < -0.3 is 10.2 Å². The number of fused-ring (bicyclic) bond motifs is 2. The average Bonchev–Trinajstić information content (AvgIpc) is 2.72. The standard InChI is InChI=1S/C27H28O2/c1-27(2,3)24(29)16-20-14-12-18-8-4-6-10-22(18)25(20)26-21(17-28)15-13-19-9-5-7-11-23(19)26/h4-15,24,28-29H,16-17H2,1-3H3. The Hall–Kier alpha value is -2.68. The Morgan fingerprint density at radius 3 is 1.69 bits per heavy atom. The SMILES string of the molecule is CC(C)(C)C(O)Cc1ccc2ccccc2c1-c1c(CO)ccc2ccccc12. The molecule has 0 fully saturated rings. The smallest absolute Gasteiger partial charge is 0.0688 e. The second-order valence-electron chi connectivity index (χ2n) is 8.89. The average molecular weight is 385 g/mol. The van der Waals surface area contributed by atoms with Gasteiger partial charge in [0.1, 0.15) is 0 Å². The Kier molecular flexibility index (Phi) is 5.16. The molecule has 1 atom stereocenters. The molecule has 0 spiro atoms. The van der Waals surface area contributed by atoms with Crippen molar-refractivity contribution < 1.29 is 10.2 Å². The van der Waals surface area contributed by atoms with Gasteiger partial charge in [0.15, 0.2) is 0 Å². The summed E-state index contributed by atoms with van der Waals surface area (Å²) in [6.45, 7) is 6.17. The number of rotatable bonds is 4. The van der Waals surface area contributed by atoms with E-state index in [1.54, 1.807) is 0 Å². The van der Waals surface area contributed by atoms with Crippen LogP contribution in [0.3, 0.4) is 0 Å². The van der Waals surface area contributed by atoms with Crippen LogP contribution in [0.25, 0.3) is 32.7 Å². The van der Waals surface area contributed by atoms with E-state index < -0.39 is 6.10 Å². The predicted molar refractivity (Wildman–Crippen MR) is 122 cm³/mol. The van der Waals surface area contributed by atoms with Gasteiger partial charge in [0.05, 0.1) is 12.7 Å². The van der Waals surface area contributed by atoms with Crippen molar-refractivity contribution in [3.8, 4) is 11.1 Å². The van der Waals surface area contributed by atoms with Gasteiger partial charge in [-0.3, -0.25) is 0 Å². The van der Waals surface area contributed by atoms with Crippen LogP contribution in [0.2, 0.25) is 0 Å². The maximum absolute atomic E-state index is 10.9. The van der Waals surface area contributed by atoms with E-state index in [-0.39, 0.29) is 12.0 Å². The first kappa shape index (κ1) is 19.6. The van der Waals surface area contributed by atoms with Gasteiger partial charge in [-0.2, -0.15) is 0 Å². The van der Waals surface area contributed by atoms with Gasteiger partial charge >= 0.3 is 0 Å². The molecular weight excluding hydrogens is 356 g/mol. The van der Waals surface area contributed by atoms with Crippen LogP contribution < -0.4 is 0 Å². The largest absolute Gasteiger partial charge is 0.392 e. The van der Waals surface area contributed by atoms with Crippen molar-refractivity contribution >= 4 is 21.5 Å². The molecule has 0 saturated heterocycles. The second kappa shape index (κ2) is 7.62. The zero-order chi connectivity index (χ0) is 20.6. The first-order valence-corrected chi connectivity index (χ1v) is 10.2. The molecule has 4 aromatic carbocycles. The van der Waals surface area contributed by atoms with Crippen LogP contribution in [0.5, 0.6) is 0 Å². The summed E-state index contributed by atoms with van der Waals surface area (Å²) >= 11 is 0. The Morgan fingerprint density at radius 1 is 0.690 bits per heavy atom. The van der Waals surface area contributed by atoms with Crippen LogP contribution >= 0.6 is 0 Å². The lowest BCUT2D eigenvalue weighted by Gasteiger charge is -2.27. The van der Waals surface area contributed by atoms with Gasteiger partial charge in [0.2, 0.25) is 0 Å². The Morgan fingerprint density at radius 2 is 1.17 bits per heavy atom. The first-order valence-electron chi connectivity index (χ1n) is 10.2. The highest BCUT2D eigenvalue weighted by atomic mass is 16.3. The molecular formula is C27H28O2. The molecule has 4 aromatic rings. The summed E-state index contributed by atoms with van der Waals surface area (Å²) in [4.78, 5) is 0. The van der Waals surface area contributed by atoms with E-state index in [2.05, 4.69) is 69.3 Å². The number of aliphatic hydroxyl groups is 2.